The van der Waals surface area contributed by atoms with E-state index >= 15 is 0 Å². The molecule has 0 aromatic heterocycles. The average molecular weight is 107 g/mol. The van der Waals surface area contributed by atoms with Crippen molar-refractivity contribution in [2.24, 2.45) is 0 Å². The molecule has 0 aliphatic heterocycles. The molecule has 0 rings (SSSR count). The zero-order valence-electron chi connectivity index (χ0n) is 3.12. The van der Waals surface area contributed by atoms with Crippen LogP contribution in [-0.4, -0.2) is 14.7 Å². The first-order valence-electron chi connectivity index (χ1n) is 1.12. The molecule has 0 spiro atoms. The minimum atomic E-state index is -3.48. The summed E-state index contributed by atoms with van der Waals surface area (Å²) in [4.78, 5) is 0. The maximum atomic E-state index is 9.58. The van der Waals surface area contributed by atoms with E-state index in [1.165, 1.54) is 0 Å². The summed E-state index contributed by atoms with van der Waals surface area (Å²) in [6, 6.07) is 0. The molecule has 0 aromatic carbocycles. The zero-order valence-corrected chi connectivity index (χ0v) is 3.94. The SMILES string of the molecule is CS(=O)(=O)[N+]#N. The fourth-order valence-electron chi connectivity index (χ4n) is 0. The van der Waals surface area contributed by atoms with Crippen LogP contribution in [0.2, 0.25) is 0 Å². The Labute approximate surface area is 35.5 Å². The van der Waals surface area contributed by atoms with Gasteiger partial charge in [-0.2, -0.15) is 0 Å². The number of hydrogen-bond donors (Lipinski definition) is 0. The minimum Gasteiger partial charge on any atom is -0.145 e. The van der Waals surface area contributed by atoms with Gasteiger partial charge in [-0.25, -0.2) is 0 Å². The number of sulfonamides is 1. The predicted octanol–water partition coefficient (Wildman–Crippen LogP) is -0.201. The normalized spacial score (nSPS) is 10.0. The second-order valence-corrected chi connectivity index (χ2v) is 2.44. The monoisotopic (exact) mass is 107 g/mol. The van der Waals surface area contributed by atoms with Crippen molar-refractivity contribution < 1.29 is 8.42 Å². The molecule has 0 atom stereocenters. The molecule has 0 saturated heterocycles. The van der Waals surface area contributed by atoms with Gasteiger partial charge in [0.1, 0.15) is 6.26 Å². The van der Waals surface area contributed by atoms with Crippen LogP contribution in [0.25, 0.3) is 4.38 Å². The summed E-state index contributed by atoms with van der Waals surface area (Å²) in [5.74, 6) is 0. The molecular formula is CH3N2O2S+. The first-order chi connectivity index (χ1) is 2.56. The van der Waals surface area contributed by atoms with E-state index in [4.69, 9.17) is 5.39 Å². The van der Waals surface area contributed by atoms with Gasteiger partial charge in [-0.15, -0.1) is 8.42 Å². The summed E-state index contributed by atoms with van der Waals surface area (Å²) in [6.07, 6.45) is 0.799. The Bertz CT molecular complexity index is 160. The number of rotatable bonds is 0. The number of nitrogens with zero attached hydrogens (tertiary/aromatic N) is 2. The van der Waals surface area contributed by atoms with Crippen LogP contribution in [0.1, 0.15) is 0 Å². The van der Waals surface area contributed by atoms with Crippen LogP contribution >= 0.6 is 0 Å². The van der Waals surface area contributed by atoms with Gasteiger partial charge in [-0.3, -0.25) is 0 Å². The van der Waals surface area contributed by atoms with E-state index < -0.39 is 10.0 Å². The maximum Gasteiger partial charge on any atom is 0.517 e. The van der Waals surface area contributed by atoms with Gasteiger partial charge in [0, 0.05) is 0 Å². The van der Waals surface area contributed by atoms with Gasteiger partial charge >= 0.3 is 10.0 Å². The van der Waals surface area contributed by atoms with Gasteiger partial charge in [-0.1, -0.05) is 0 Å². The Morgan fingerprint density at radius 2 is 1.83 bits per heavy atom. The first kappa shape index (κ1) is 5.37. The molecule has 0 saturated carbocycles. The quantitative estimate of drug-likeness (QED) is 0.403. The highest BCUT2D eigenvalue weighted by Crippen LogP contribution is 1.76. The molecule has 34 valence electrons. The molecule has 0 fully saturated rings. The van der Waals surface area contributed by atoms with Crippen molar-refractivity contribution in [3.63, 3.8) is 0 Å². The summed E-state index contributed by atoms with van der Waals surface area (Å²) in [5, 5.41) is 7.44. The van der Waals surface area contributed by atoms with Gasteiger partial charge in [-0.05, 0) is 0 Å². The Hall–Kier alpha value is -0.630. The third-order valence-electron chi connectivity index (χ3n) is 0.148. The van der Waals surface area contributed by atoms with Crippen LogP contribution in [-0.2, 0) is 10.0 Å². The van der Waals surface area contributed by atoms with Crippen molar-refractivity contribution >= 4 is 10.0 Å². The molecule has 5 heteroatoms. The van der Waals surface area contributed by atoms with Crippen molar-refractivity contribution in [3.05, 3.63) is 4.38 Å². The topological polar surface area (TPSA) is 62.3 Å². The lowest BCUT2D eigenvalue weighted by atomic mass is 12.0. The first-order valence-corrected chi connectivity index (χ1v) is 2.97. The molecule has 0 aliphatic carbocycles. The Morgan fingerprint density at radius 3 is 1.83 bits per heavy atom. The number of hydrogen-bond acceptors (Lipinski definition) is 3. The molecule has 0 unspecified atom stereocenters. The van der Waals surface area contributed by atoms with Crippen LogP contribution in [0.15, 0.2) is 0 Å². The number of diazo groups is 1. The minimum absolute atomic E-state index is 0.799. The molecule has 6 heavy (non-hydrogen) atoms. The van der Waals surface area contributed by atoms with E-state index in [2.05, 4.69) is 0 Å². The zero-order chi connectivity index (χ0) is 5.21. The van der Waals surface area contributed by atoms with Crippen molar-refractivity contribution in [2.75, 3.05) is 6.26 Å². The van der Waals surface area contributed by atoms with Crippen molar-refractivity contribution in [3.8, 4) is 0 Å². The van der Waals surface area contributed by atoms with E-state index in [1.54, 1.807) is 0 Å². The molecule has 0 bridgehead atoms. The second kappa shape index (κ2) is 1.22. The van der Waals surface area contributed by atoms with Crippen molar-refractivity contribution in [1.29, 1.82) is 5.39 Å². The highest BCUT2D eigenvalue weighted by molar-refractivity contribution is 7.92. The summed E-state index contributed by atoms with van der Waals surface area (Å²) in [5.41, 5.74) is 0. The Morgan fingerprint density at radius 1 is 1.67 bits per heavy atom. The maximum absolute atomic E-state index is 9.58. The van der Waals surface area contributed by atoms with Crippen molar-refractivity contribution in [1.82, 2.24) is 0 Å². The van der Waals surface area contributed by atoms with Gasteiger partial charge in [0.15, 0.2) is 0 Å². The lowest BCUT2D eigenvalue weighted by Crippen LogP contribution is -1.82. The van der Waals surface area contributed by atoms with Crippen LogP contribution < -0.4 is 0 Å². The summed E-state index contributed by atoms with van der Waals surface area (Å²) in [7, 11) is -3.48. The molecule has 4 nitrogen and oxygen atoms in total. The third kappa shape index (κ3) is 3.37. The molecule has 0 amide bonds. The lowest BCUT2D eigenvalue weighted by molar-refractivity contribution is 0.609. The fourth-order valence-corrected chi connectivity index (χ4v) is 0. The van der Waals surface area contributed by atoms with Gasteiger partial charge in [0.25, 0.3) is 4.38 Å². The van der Waals surface area contributed by atoms with E-state index in [1.807, 2.05) is 4.38 Å². The lowest BCUT2D eigenvalue weighted by Gasteiger charge is -1.49. The third-order valence-corrected chi connectivity index (χ3v) is 0.445. The van der Waals surface area contributed by atoms with Crippen LogP contribution in [0, 0.1) is 5.39 Å². The second-order valence-electron chi connectivity index (χ2n) is 0.815. The Kier molecular flexibility index (Phi) is 1.09. The largest absolute Gasteiger partial charge is 0.517 e. The summed E-state index contributed by atoms with van der Waals surface area (Å²) >= 11 is 0. The standard InChI is InChI=1S/CH3N2O2S/c1-6(4,5)3-2/h1H3/q+1. The highest BCUT2D eigenvalue weighted by Gasteiger charge is 2.09. The van der Waals surface area contributed by atoms with Crippen LogP contribution in [0.5, 0.6) is 0 Å². The van der Waals surface area contributed by atoms with Gasteiger partial charge in [0.05, 0.1) is 0 Å². The molecule has 0 aliphatic rings. The van der Waals surface area contributed by atoms with Crippen LogP contribution in [0.3, 0.4) is 0 Å². The molecule has 0 radical (unpaired) electrons. The molecule has 0 aromatic rings. The van der Waals surface area contributed by atoms with E-state index in [0.717, 1.165) is 6.26 Å². The molecule has 0 N–H and O–H groups in total. The van der Waals surface area contributed by atoms with Gasteiger partial charge < -0.3 is 0 Å². The van der Waals surface area contributed by atoms with E-state index in [9.17, 15) is 8.42 Å². The van der Waals surface area contributed by atoms with E-state index in [0.29, 0.717) is 0 Å². The fraction of sp³-hybridized carbons (Fsp3) is 1.00. The van der Waals surface area contributed by atoms with Crippen LogP contribution in [0.4, 0.5) is 0 Å². The molecule has 0 heterocycles. The highest BCUT2D eigenvalue weighted by atomic mass is 32.2. The van der Waals surface area contributed by atoms with Crippen molar-refractivity contribution in [2.45, 2.75) is 0 Å². The van der Waals surface area contributed by atoms with E-state index in [-0.39, 0.29) is 0 Å². The summed E-state index contributed by atoms with van der Waals surface area (Å²) < 4.78 is 21.2. The average Bonchev–Trinajstić information content (AvgIpc) is 1.35. The molecular weight excluding hydrogens is 104 g/mol. The predicted molar refractivity (Wildman–Crippen MR) is 19.9 cm³/mol. The Balaban J connectivity index is 4.41. The summed E-state index contributed by atoms with van der Waals surface area (Å²) in [6.45, 7) is 0. The van der Waals surface area contributed by atoms with Gasteiger partial charge in [0.2, 0.25) is 5.39 Å². The smallest absolute Gasteiger partial charge is 0.145 e.